The Morgan fingerprint density at radius 3 is 2.67 bits per heavy atom. The van der Waals surface area contributed by atoms with Gasteiger partial charge in [0.25, 0.3) is 5.69 Å². The van der Waals surface area contributed by atoms with Crippen molar-refractivity contribution < 1.29 is 9.72 Å². The Morgan fingerprint density at radius 1 is 1.40 bits per heavy atom. The van der Waals surface area contributed by atoms with Crippen molar-refractivity contribution in [2.75, 3.05) is 14.1 Å². The first-order chi connectivity index (χ1) is 6.92. The maximum Gasteiger partial charge on any atom is 0.302 e. The molecule has 15 heavy (non-hydrogen) atoms. The number of benzene rings is 1. The number of hydrogen-bond donors (Lipinski definition) is 1. The first-order valence-electron chi connectivity index (χ1n) is 4.37. The van der Waals surface area contributed by atoms with E-state index in [4.69, 9.17) is 0 Å². The normalized spacial score (nSPS) is 17.1. The number of nitrogens with zero attached hydrogens (tertiary/aromatic N) is 2. The van der Waals surface area contributed by atoms with Gasteiger partial charge in [-0.15, -0.1) is 0 Å². The van der Waals surface area contributed by atoms with E-state index in [1.807, 2.05) is 0 Å². The van der Waals surface area contributed by atoms with Crippen LogP contribution in [0.25, 0.3) is 0 Å². The molecule has 1 N–H and O–H groups in total. The lowest BCUT2D eigenvalue weighted by Gasteiger charge is -2.21. The fourth-order valence-corrected chi connectivity index (χ4v) is 1.66. The number of hydrogen-bond acceptors (Lipinski definition) is 3. The number of quaternary nitrogens is 1. The van der Waals surface area contributed by atoms with Crippen LogP contribution in [0.5, 0.6) is 0 Å². The highest BCUT2D eigenvalue weighted by Crippen LogP contribution is 2.31. The molecule has 1 heterocycles. The molecule has 0 spiro atoms. The highest BCUT2D eigenvalue weighted by atomic mass is 16.6. The molecule has 0 saturated heterocycles. The fraction of sp³-hybridized carbons (Fsp3) is 0.222. The van der Waals surface area contributed by atoms with Gasteiger partial charge in [-0.2, -0.15) is 10.0 Å². The van der Waals surface area contributed by atoms with E-state index in [9.17, 15) is 14.9 Å². The average molecular weight is 208 g/mol. The van der Waals surface area contributed by atoms with E-state index in [0.29, 0.717) is 11.3 Å². The summed E-state index contributed by atoms with van der Waals surface area (Å²) in [4.78, 5) is 21.6. The lowest BCUT2D eigenvalue weighted by molar-refractivity contribution is -0.384. The summed E-state index contributed by atoms with van der Waals surface area (Å²) in [6, 6.07) is 4.24. The predicted molar refractivity (Wildman–Crippen MR) is 54.2 cm³/mol. The van der Waals surface area contributed by atoms with Crippen molar-refractivity contribution in [2.24, 2.45) is 0 Å². The highest BCUT2D eigenvalue weighted by molar-refractivity contribution is 6.03. The molecule has 0 unspecified atom stereocenters. The lowest BCUT2D eigenvalue weighted by atomic mass is 10.1. The molecular weight excluding hydrogens is 198 g/mol. The minimum Gasteiger partial charge on any atom is -0.264 e. The molecule has 1 aromatic carbocycles. The summed E-state index contributed by atoms with van der Waals surface area (Å²) in [7, 11) is 3.51. The zero-order chi connectivity index (χ0) is 11.2. The SMILES string of the molecule is C[N+]1(C)NC(=O)c2ccc([N+](=O)[O-])cc21. The van der Waals surface area contributed by atoms with Gasteiger partial charge in [0.05, 0.1) is 25.1 Å². The van der Waals surface area contributed by atoms with Crippen LogP contribution in [0.3, 0.4) is 0 Å². The number of fused-ring (bicyclic) bond motifs is 1. The predicted octanol–water partition coefficient (Wildman–Crippen LogP) is 0.820. The van der Waals surface area contributed by atoms with Crippen LogP contribution in [-0.2, 0) is 0 Å². The smallest absolute Gasteiger partial charge is 0.264 e. The summed E-state index contributed by atoms with van der Waals surface area (Å²) in [5.41, 5.74) is 3.81. The number of nitrogens with one attached hydrogen (secondary N) is 1. The van der Waals surface area contributed by atoms with Crippen molar-refractivity contribution in [1.82, 2.24) is 10.0 Å². The van der Waals surface area contributed by atoms with Crippen molar-refractivity contribution in [1.29, 1.82) is 0 Å². The summed E-state index contributed by atoms with van der Waals surface area (Å²) in [5, 5.41) is 10.6. The molecule has 1 amide bonds. The average Bonchev–Trinajstić information content (AvgIpc) is 2.37. The van der Waals surface area contributed by atoms with Gasteiger partial charge in [0.2, 0.25) is 0 Å². The van der Waals surface area contributed by atoms with Crippen LogP contribution in [0.15, 0.2) is 18.2 Å². The van der Waals surface area contributed by atoms with Crippen LogP contribution in [0.4, 0.5) is 11.4 Å². The van der Waals surface area contributed by atoms with Gasteiger partial charge in [-0.05, 0) is 6.07 Å². The second kappa shape index (κ2) is 2.77. The van der Waals surface area contributed by atoms with Gasteiger partial charge < -0.3 is 0 Å². The standard InChI is InChI=1S/C9H9N3O3/c1-12(2)8-5-6(11(14)15)3-4-7(8)9(13)10-12/h3-5H,1-2H3/p+1. The molecule has 1 aliphatic heterocycles. The minimum atomic E-state index is -0.469. The van der Waals surface area contributed by atoms with E-state index in [2.05, 4.69) is 5.43 Å². The number of carbonyl (C=O) groups is 1. The lowest BCUT2D eigenvalue weighted by Crippen LogP contribution is -2.50. The first-order valence-corrected chi connectivity index (χ1v) is 4.37. The Balaban J connectivity index is 2.62. The highest BCUT2D eigenvalue weighted by Gasteiger charge is 2.37. The second-order valence-corrected chi connectivity index (χ2v) is 3.85. The summed E-state index contributed by atoms with van der Waals surface area (Å²) in [6.45, 7) is 0. The Labute approximate surface area is 85.8 Å². The number of nitro benzene ring substituents is 1. The van der Waals surface area contributed by atoms with Crippen LogP contribution in [0.2, 0.25) is 0 Å². The number of amides is 1. The quantitative estimate of drug-likeness (QED) is 0.422. The fourth-order valence-electron chi connectivity index (χ4n) is 1.66. The van der Waals surface area contributed by atoms with Gasteiger partial charge >= 0.3 is 5.91 Å². The minimum absolute atomic E-state index is 0.00329. The van der Waals surface area contributed by atoms with Crippen LogP contribution in [0, 0.1) is 10.1 Å². The maximum absolute atomic E-state index is 11.5. The third-order valence-corrected chi connectivity index (χ3v) is 2.42. The van der Waals surface area contributed by atoms with E-state index in [1.165, 1.54) is 18.2 Å². The second-order valence-electron chi connectivity index (χ2n) is 3.85. The number of carbonyl (C=O) groups excluding carboxylic acids is 1. The van der Waals surface area contributed by atoms with Crippen molar-refractivity contribution >= 4 is 17.3 Å². The zero-order valence-electron chi connectivity index (χ0n) is 8.35. The Hall–Kier alpha value is -1.95. The maximum atomic E-state index is 11.5. The number of nitro groups is 1. The molecule has 0 atom stereocenters. The largest absolute Gasteiger partial charge is 0.302 e. The number of rotatable bonds is 1. The monoisotopic (exact) mass is 208 g/mol. The molecule has 0 bridgehead atoms. The first kappa shape index (κ1) is 9.60. The molecule has 1 aliphatic rings. The van der Waals surface area contributed by atoms with E-state index in [-0.39, 0.29) is 16.2 Å². The van der Waals surface area contributed by atoms with Crippen LogP contribution in [0.1, 0.15) is 10.4 Å². The molecular formula is C9H10N3O3+. The van der Waals surface area contributed by atoms with Crippen LogP contribution in [-0.4, -0.2) is 24.9 Å². The third-order valence-electron chi connectivity index (χ3n) is 2.42. The molecule has 6 heteroatoms. The summed E-state index contributed by atoms with van der Waals surface area (Å²) < 4.78 is 0.135. The van der Waals surface area contributed by atoms with Crippen molar-refractivity contribution in [3.63, 3.8) is 0 Å². The Bertz CT molecular complexity index is 468. The van der Waals surface area contributed by atoms with Crippen LogP contribution < -0.4 is 10.0 Å². The van der Waals surface area contributed by atoms with Crippen molar-refractivity contribution in [3.05, 3.63) is 33.9 Å². The van der Waals surface area contributed by atoms with Crippen molar-refractivity contribution in [2.45, 2.75) is 0 Å². The van der Waals surface area contributed by atoms with Crippen LogP contribution >= 0.6 is 0 Å². The topological polar surface area (TPSA) is 72.2 Å². The van der Waals surface area contributed by atoms with E-state index >= 15 is 0 Å². The van der Waals surface area contributed by atoms with E-state index in [0.717, 1.165) is 0 Å². The van der Waals surface area contributed by atoms with Gasteiger partial charge in [0.15, 0.2) is 5.69 Å². The van der Waals surface area contributed by atoms with Gasteiger partial charge in [-0.1, -0.05) is 0 Å². The third kappa shape index (κ3) is 1.35. The Morgan fingerprint density at radius 2 is 2.07 bits per heavy atom. The molecule has 0 radical (unpaired) electrons. The van der Waals surface area contributed by atoms with Gasteiger partial charge in [-0.25, -0.2) is 0 Å². The Kier molecular flexibility index (Phi) is 1.77. The van der Waals surface area contributed by atoms with Gasteiger partial charge in [0, 0.05) is 6.07 Å². The summed E-state index contributed by atoms with van der Waals surface area (Å²) in [5.74, 6) is -0.204. The molecule has 0 fully saturated rings. The molecule has 0 saturated carbocycles. The van der Waals surface area contributed by atoms with Gasteiger partial charge in [-0.3, -0.25) is 14.9 Å². The summed E-state index contributed by atoms with van der Waals surface area (Å²) >= 11 is 0. The molecule has 78 valence electrons. The molecule has 0 aromatic heterocycles. The van der Waals surface area contributed by atoms with E-state index < -0.39 is 4.92 Å². The zero-order valence-corrected chi connectivity index (χ0v) is 8.35. The van der Waals surface area contributed by atoms with E-state index in [1.54, 1.807) is 14.1 Å². The molecule has 0 aliphatic carbocycles. The molecule has 6 nitrogen and oxygen atoms in total. The summed E-state index contributed by atoms with van der Waals surface area (Å²) in [6.07, 6.45) is 0. The number of non-ortho nitro benzene ring substituents is 1. The van der Waals surface area contributed by atoms with Crippen molar-refractivity contribution in [3.8, 4) is 0 Å². The molecule has 1 aromatic rings. The van der Waals surface area contributed by atoms with Gasteiger partial charge in [0.1, 0.15) is 5.56 Å². The molecule has 2 rings (SSSR count).